The van der Waals surface area contributed by atoms with Crippen LogP contribution in [0.5, 0.6) is 0 Å². The highest BCUT2D eigenvalue weighted by Gasteiger charge is 2.11. The molecule has 0 spiro atoms. The van der Waals surface area contributed by atoms with Crippen molar-refractivity contribution in [2.24, 2.45) is 0 Å². The van der Waals surface area contributed by atoms with Crippen molar-refractivity contribution in [1.29, 1.82) is 0 Å². The lowest BCUT2D eigenvalue weighted by Gasteiger charge is -2.23. The largest absolute Gasteiger partial charge is 0.376 e. The minimum Gasteiger partial charge on any atom is -0.376 e. The van der Waals surface area contributed by atoms with Crippen LogP contribution < -0.4 is 5.32 Å². The van der Waals surface area contributed by atoms with E-state index in [4.69, 9.17) is 4.74 Å². The molecule has 1 fully saturated rings. The van der Waals surface area contributed by atoms with Gasteiger partial charge in [-0.25, -0.2) is 0 Å². The molecule has 1 aliphatic rings. The third-order valence-corrected chi connectivity index (χ3v) is 2.51. The van der Waals surface area contributed by atoms with Crippen LogP contribution >= 0.6 is 15.9 Å². The summed E-state index contributed by atoms with van der Waals surface area (Å²) in [6.07, 6.45) is 5.12. The highest BCUT2D eigenvalue weighted by atomic mass is 79.9. The molecule has 0 aromatic heterocycles. The van der Waals surface area contributed by atoms with Gasteiger partial charge in [-0.1, -0.05) is 28.9 Å². The van der Waals surface area contributed by atoms with Crippen molar-refractivity contribution in [3.63, 3.8) is 0 Å². The first kappa shape index (κ1) is 11.2. The molecule has 1 heterocycles. The maximum atomic E-state index is 5.41. The Hall–Kier alpha value is 0.140. The fourth-order valence-corrected chi connectivity index (χ4v) is 1.74. The second-order valence-corrected chi connectivity index (χ2v) is 4.63. The van der Waals surface area contributed by atoms with Gasteiger partial charge in [-0.15, -0.1) is 0 Å². The summed E-state index contributed by atoms with van der Waals surface area (Å²) in [5.74, 6) is 0. The van der Waals surface area contributed by atoms with Crippen molar-refractivity contribution >= 4 is 15.9 Å². The summed E-state index contributed by atoms with van der Waals surface area (Å²) in [4.78, 5) is 0. The molecule has 1 unspecified atom stereocenters. The summed E-state index contributed by atoms with van der Waals surface area (Å²) in [6, 6.07) is 0.678. The maximum Gasteiger partial charge on any atom is 0.0775 e. The van der Waals surface area contributed by atoms with Crippen molar-refractivity contribution in [3.8, 4) is 0 Å². The van der Waals surface area contributed by atoms with Crippen molar-refractivity contribution in [2.45, 2.75) is 31.7 Å². The molecule has 3 heteroatoms. The Bertz CT molecular complexity index is 155. The first-order chi connectivity index (χ1) is 6.29. The first-order valence-corrected chi connectivity index (χ1v) is 5.73. The fraction of sp³-hybridized carbons (Fsp3) is 0.800. The Morgan fingerprint density at radius 2 is 2.38 bits per heavy atom. The molecule has 1 N–H and O–H groups in total. The number of ether oxygens (including phenoxy) is 1. The van der Waals surface area contributed by atoms with E-state index in [9.17, 15) is 0 Å². The molecule has 1 saturated heterocycles. The van der Waals surface area contributed by atoms with Crippen LogP contribution in [0, 0.1) is 0 Å². The van der Waals surface area contributed by atoms with Gasteiger partial charge < -0.3 is 10.1 Å². The Labute approximate surface area is 88.9 Å². The molecule has 0 saturated carbocycles. The second-order valence-electron chi connectivity index (χ2n) is 3.51. The highest BCUT2D eigenvalue weighted by Crippen LogP contribution is 2.10. The quantitative estimate of drug-likeness (QED) is 0.754. The van der Waals surface area contributed by atoms with E-state index in [1.54, 1.807) is 0 Å². The highest BCUT2D eigenvalue weighted by molar-refractivity contribution is 9.11. The zero-order chi connectivity index (χ0) is 9.52. The molecular formula is C10H18BrNO. The number of halogens is 1. The van der Waals surface area contributed by atoms with Gasteiger partial charge in [-0.2, -0.15) is 0 Å². The number of rotatable bonds is 5. The normalized spacial score (nSPS) is 23.0. The van der Waals surface area contributed by atoms with Crippen molar-refractivity contribution in [2.75, 3.05) is 19.8 Å². The number of hydrogen-bond acceptors (Lipinski definition) is 2. The van der Waals surface area contributed by atoms with Crippen molar-refractivity contribution in [3.05, 3.63) is 11.1 Å². The van der Waals surface area contributed by atoms with Gasteiger partial charge in [0.25, 0.3) is 0 Å². The summed E-state index contributed by atoms with van der Waals surface area (Å²) in [5, 5.41) is 3.49. The van der Waals surface area contributed by atoms with Gasteiger partial charge in [0.2, 0.25) is 0 Å². The molecule has 13 heavy (non-hydrogen) atoms. The minimum atomic E-state index is 0.632. The Morgan fingerprint density at radius 1 is 1.54 bits per heavy atom. The van der Waals surface area contributed by atoms with Crippen LogP contribution in [0.1, 0.15) is 25.7 Å². The Morgan fingerprint density at radius 3 is 3.00 bits per heavy atom. The lowest BCUT2D eigenvalue weighted by Crippen LogP contribution is -2.34. The van der Waals surface area contributed by atoms with Crippen LogP contribution in [-0.4, -0.2) is 25.8 Å². The zero-order valence-electron chi connectivity index (χ0n) is 8.02. The molecule has 1 atom stereocenters. The van der Waals surface area contributed by atoms with E-state index in [1.165, 1.54) is 25.8 Å². The molecular weight excluding hydrogens is 230 g/mol. The predicted octanol–water partition coefficient (Wildman–Crippen LogP) is 2.44. The fourth-order valence-electron chi connectivity index (χ4n) is 1.58. The van der Waals surface area contributed by atoms with Gasteiger partial charge in [-0.05, 0) is 25.8 Å². The van der Waals surface area contributed by atoms with Crippen molar-refractivity contribution < 1.29 is 4.74 Å². The van der Waals surface area contributed by atoms with Gasteiger partial charge in [0.1, 0.15) is 0 Å². The van der Waals surface area contributed by atoms with E-state index in [0.29, 0.717) is 12.6 Å². The minimum absolute atomic E-state index is 0.632. The van der Waals surface area contributed by atoms with E-state index in [0.717, 1.165) is 17.5 Å². The van der Waals surface area contributed by atoms with Crippen LogP contribution in [0.3, 0.4) is 0 Å². The van der Waals surface area contributed by atoms with Crippen LogP contribution in [0.4, 0.5) is 0 Å². The third-order valence-electron chi connectivity index (χ3n) is 2.28. The molecule has 2 nitrogen and oxygen atoms in total. The average Bonchev–Trinajstić information content (AvgIpc) is 2.14. The van der Waals surface area contributed by atoms with E-state index in [2.05, 4.69) is 27.8 Å². The smallest absolute Gasteiger partial charge is 0.0775 e. The van der Waals surface area contributed by atoms with Gasteiger partial charge in [0, 0.05) is 17.1 Å². The van der Waals surface area contributed by atoms with Crippen molar-refractivity contribution in [1.82, 2.24) is 5.32 Å². The summed E-state index contributed by atoms with van der Waals surface area (Å²) >= 11 is 3.27. The van der Waals surface area contributed by atoms with E-state index < -0.39 is 0 Å². The van der Waals surface area contributed by atoms with Gasteiger partial charge in [-0.3, -0.25) is 0 Å². The third kappa shape index (κ3) is 5.45. The Kier molecular flexibility index (Phi) is 5.67. The summed E-state index contributed by atoms with van der Waals surface area (Å²) in [5.41, 5.74) is 0. The van der Waals surface area contributed by atoms with Gasteiger partial charge in [0.05, 0.1) is 6.61 Å². The molecule has 76 valence electrons. The standard InChI is InChI=1S/C10H18BrNO/c1-9(11)8-13-7-5-10-4-2-3-6-12-10/h10,12H,1-8H2. The van der Waals surface area contributed by atoms with Crippen LogP contribution in [0.25, 0.3) is 0 Å². The molecule has 1 aliphatic heterocycles. The second kappa shape index (κ2) is 6.57. The molecule has 1 rings (SSSR count). The lowest BCUT2D eigenvalue weighted by molar-refractivity contribution is 0.144. The molecule has 0 aliphatic carbocycles. The number of hydrogen-bond donors (Lipinski definition) is 1. The SMILES string of the molecule is C=C(Br)COCCC1CCCCN1. The molecule has 0 amide bonds. The number of piperidine rings is 1. The Balaban J connectivity index is 1.95. The summed E-state index contributed by atoms with van der Waals surface area (Å²) in [7, 11) is 0. The molecule has 0 aromatic carbocycles. The maximum absolute atomic E-state index is 5.41. The zero-order valence-corrected chi connectivity index (χ0v) is 9.61. The van der Waals surface area contributed by atoms with E-state index in [1.807, 2.05) is 0 Å². The predicted molar refractivity (Wildman–Crippen MR) is 59.1 cm³/mol. The van der Waals surface area contributed by atoms with E-state index >= 15 is 0 Å². The number of nitrogens with one attached hydrogen (secondary N) is 1. The van der Waals surface area contributed by atoms with Gasteiger partial charge >= 0.3 is 0 Å². The average molecular weight is 248 g/mol. The van der Waals surface area contributed by atoms with Crippen LogP contribution in [0.15, 0.2) is 11.1 Å². The molecule has 0 radical (unpaired) electrons. The first-order valence-electron chi connectivity index (χ1n) is 4.93. The molecule has 0 aromatic rings. The summed E-state index contributed by atoms with van der Waals surface area (Å²) < 4.78 is 6.33. The van der Waals surface area contributed by atoms with E-state index in [-0.39, 0.29) is 0 Å². The van der Waals surface area contributed by atoms with Gasteiger partial charge in [0.15, 0.2) is 0 Å². The molecule has 0 bridgehead atoms. The summed E-state index contributed by atoms with van der Waals surface area (Å²) in [6.45, 7) is 6.36. The topological polar surface area (TPSA) is 21.3 Å². The lowest BCUT2D eigenvalue weighted by atomic mass is 10.0. The van der Waals surface area contributed by atoms with Crippen LogP contribution in [-0.2, 0) is 4.74 Å². The van der Waals surface area contributed by atoms with Crippen LogP contribution in [0.2, 0.25) is 0 Å². The monoisotopic (exact) mass is 247 g/mol.